The summed E-state index contributed by atoms with van der Waals surface area (Å²) in [6, 6.07) is -1.47. The summed E-state index contributed by atoms with van der Waals surface area (Å²) in [5, 5.41) is 8.92. The van der Waals surface area contributed by atoms with Crippen LogP contribution in [0.5, 0.6) is 0 Å². The number of aliphatic carboxylic acids is 1. The zero-order valence-corrected chi connectivity index (χ0v) is 39.3. The third-order valence-corrected chi connectivity index (χ3v) is 12.0. The SMILES string of the molecule is CCCCCCCCC/C=C\CCCCCCCCCC(=O)OC(COCCCCCCCCCCCCCCCCCCCCC)COP(=O)(O)OCC(N)C(=O)O. The first-order chi connectivity index (χ1) is 28.7. The molecule has 0 spiro atoms. The van der Waals surface area contributed by atoms with Gasteiger partial charge in [-0.05, 0) is 38.5 Å². The number of hydrogen-bond acceptors (Lipinski definition) is 8. The molecule has 3 atom stereocenters. The lowest BCUT2D eigenvalue weighted by Gasteiger charge is -2.20. The molecular formula is C48H94NO9P. The molecule has 0 radical (unpaired) electrons. The molecule has 0 aliphatic heterocycles. The summed E-state index contributed by atoms with van der Waals surface area (Å²) in [4.78, 5) is 33.6. The molecule has 59 heavy (non-hydrogen) atoms. The number of carbonyl (C=O) groups excluding carboxylic acids is 1. The normalized spacial score (nSPS) is 13.8. The smallest absolute Gasteiger partial charge is 0.472 e. The standard InChI is InChI=1S/C48H94NO9P/c1-3-5-7-9-11-13-15-17-19-21-23-25-27-29-31-33-35-37-39-41-55-42-45(43-56-59(53,54)57-44-46(49)48(51)52)58-47(50)40-38-36-34-32-30-28-26-24-22-20-18-16-14-12-10-8-6-4-2/h20,22,45-46H,3-19,21,23-44,49H2,1-2H3,(H,51,52)(H,53,54)/b22-20-. The fraction of sp³-hybridized carbons (Fsp3) is 0.917. The maximum Gasteiger partial charge on any atom is 0.472 e. The molecule has 10 nitrogen and oxygen atoms in total. The van der Waals surface area contributed by atoms with E-state index in [0.717, 1.165) is 44.9 Å². The topological polar surface area (TPSA) is 155 Å². The third kappa shape index (κ3) is 44.6. The summed E-state index contributed by atoms with van der Waals surface area (Å²) in [5.74, 6) is -1.77. The Morgan fingerprint density at radius 2 is 0.881 bits per heavy atom. The van der Waals surface area contributed by atoms with E-state index in [1.165, 1.54) is 173 Å². The van der Waals surface area contributed by atoms with Crippen LogP contribution in [0.25, 0.3) is 0 Å². The molecule has 0 heterocycles. The molecule has 0 amide bonds. The Hall–Kier alpha value is -1.29. The van der Waals surface area contributed by atoms with Gasteiger partial charge in [0.1, 0.15) is 12.1 Å². The van der Waals surface area contributed by atoms with Crippen molar-refractivity contribution in [1.29, 1.82) is 0 Å². The van der Waals surface area contributed by atoms with Crippen molar-refractivity contribution in [2.45, 2.75) is 257 Å². The van der Waals surface area contributed by atoms with E-state index in [-0.39, 0.29) is 13.0 Å². The van der Waals surface area contributed by atoms with Gasteiger partial charge in [0.15, 0.2) is 0 Å². The second-order valence-corrected chi connectivity index (χ2v) is 18.4. The van der Waals surface area contributed by atoms with Crippen molar-refractivity contribution >= 4 is 19.8 Å². The predicted molar refractivity (Wildman–Crippen MR) is 245 cm³/mol. The molecular weight excluding hydrogens is 766 g/mol. The van der Waals surface area contributed by atoms with Crippen LogP contribution in [-0.2, 0) is 32.7 Å². The second kappa shape index (κ2) is 44.8. The monoisotopic (exact) mass is 860 g/mol. The summed E-state index contributed by atoms with van der Waals surface area (Å²) in [5.41, 5.74) is 5.37. The van der Waals surface area contributed by atoms with E-state index < -0.39 is 45.1 Å². The highest BCUT2D eigenvalue weighted by Gasteiger charge is 2.27. The van der Waals surface area contributed by atoms with Gasteiger partial charge in [0, 0.05) is 13.0 Å². The fourth-order valence-corrected chi connectivity index (χ4v) is 7.97. The van der Waals surface area contributed by atoms with Crippen LogP contribution in [0.2, 0.25) is 0 Å². The Morgan fingerprint density at radius 1 is 0.525 bits per heavy atom. The number of allylic oxidation sites excluding steroid dienone is 2. The zero-order valence-electron chi connectivity index (χ0n) is 38.4. The van der Waals surface area contributed by atoms with Gasteiger partial charge in [-0.25, -0.2) is 4.57 Å². The van der Waals surface area contributed by atoms with Gasteiger partial charge in [-0.15, -0.1) is 0 Å². The number of phosphoric ester groups is 1. The van der Waals surface area contributed by atoms with Crippen LogP contribution in [0, 0.1) is 0 Å². The number of nitrogens with two attached hydrogens (primary N) is 1. The van der Waals surface area contributed by atoms with E-state index in [2.05, 4.69) is 26.0 Å². The maximum atomic E-state index is 12.7. The fourth-order valence-electron chi connectivity index (χ4n) is 7.19. The lowest BCUT2D eigenvalue weighted by Crippen LogP contribution is -2.34. The summed E-state index contributed by atoms with van der Waals surface area (Å²) in [6.07, 6.45) is 48.3. The molecule has 3 unspecified atom stereocenters. The number of esters is 1. The molecule has 350 valence electrons. The van der Waals surface area contributed by atoms with Crippen LogP contribution < -0.4 is 5.73 Å². The molecule has 0 aliphatic carbocycles. The Morgan fingerprint density at radius 3 is 1.29 bits per heavy atom. The van der Waals surface area contributed by atoms with Gasteiger partial charge in [0.2, 0.25) is 0 Å². The molecule has 0 aromatic heterocycles. The predicted octanol–water partition coefficient (Wildman–Crippen LogP) is 14.1. The molecule has 0 fully saturated rings. The first-order valence-corrected chi connectivity index (χ1v) is 26.2. The maximum absolute atomic E-state index is 12.7. The summed E-state index contributed by atoms with van der Waals surface area (Å²) in [7, 11) is -4.62. The van der Waals surface area contributed by atoms with Crippen molar-refractivity contribution in [3.8, 4) is 0 Å². The van der Waals surface area contributed by atoms with Crippen LogP contribution >= 0.6 is 7.82 Å². The first kappa shape index (κ1) is 57.7. The van der Waals surface area contributed by atoms with Crippen LogP contribution in [0.1, 0.15) is 245 Å². The lowest BCUT2D eigenvalue weighted by molar-refractivity contribution is -0.154. The van der Waals surface area contributed by atoms with Gasteiger partial charge in [-0.2, -0.15) is 0 Å². The first-order valence-electron chi connectivity index (χ1n) is 24.7. The Bertz CT molecular complexity index is 998. The number of hydrogen-bond donors (Lipinski definition) is 3. The third-order valence-electron chi connectivity index (χ3n) is 11.0. The average Bonchev–Trinajstić information content (AvgIpc) is 3.21. The molecule has 0 aliphatic rings. The van der Waals surface area contributed by atoms with E-state index in [4.69, 9.17) is 29.4 Å². The van der Waals surface area contributed by atoms with Gasteiger partial charge in [0.25, 0.3) is 0 Å². The molecule has 0 rings (SSSR count). The Balaban J connectivity index is 4.13. The number of carboxylic acids is 1. The van der Waals surface area contributed by atoms with Crippen LogP contribution in [0.15, 0.2) is 12.2 Å². The van der Waals surface area contributed by atoms with Gasteiger partial charge in [-0.1, -0.05) is 212 Å². The minimum atomic E-state index is -4.62. The van der Waals surface area contributed by atoms with E-state index in [1.54, 1.807) is 0 Å². The second-order valence-electron chi connectivity index (χ2n) is 17.0. The van der Waals surface area contributed by atoms with Crippen molar-refractivity contribution in [3.63, 3.8) is 0 Å². The van der Waals surface area contributed by atoms with Gasteiger partial charge < -0.3 is 25.2 Å². The van der Waals surface area contributed by atoms with Crippen molar-refractivity contribution in [1.82, 2.24) is 0 Å². The molecule has 0 aromatic carbocycles. The van der Waals surface area contributed by atoms with E-state index in [1.807, 2.05) is 0 Å². The van der Waals surface area contributed by atoms with Gasteiger partial charge in [0.05, 0.1) is 19.8 Å². The number of rotatable bonds is 48. The molecule has 11 heteroatoms. The van der Waals surface area contributed by atoms with Crippen LogP contribution in [-0.4, -0.2) is 60.5 Å². The summed E-state index contributed by atoms with van der Waals surface area (Å²) < 4.78 is 33.5. The number of carbonyl (C=O) groups is 2. The van der Waals surface area contributed by atoms with E-state index in [0.29, 0.717) is 13.0 Å². The minimum absolute atomic E-state index is 0.0216. The van der Waals surface area contributed by atoms with Gasteiger partial charge >= 0.3 is 19.8 Å². The minimum Gasteiger partial charge on any atom is -0.480 e. The molecule has 0 saturated heterocycles. The number of phosphoric acid groups is 1. The van der Waals surface area contributed by atoms with E-state index in [9.17, 15) is 19.0 Å². The number of carboxylic acid groups (broad SMARTS) is 1. The number of ether oxygens (including phenoxy) is 2. The highest BCUT2D eigenvalue weighted by Crippen LogP contribution is 2.43. The van der Waals surface area contributed by atoms with Crippen LogP contribution in [0.3, 0.4) is 0 Å². The summed E-state index contributed by atoms with van der Waals surface area (Å²) in [6.45, 7) is 3.93. The van der Waals surface area contributed by atoms with Gasteiger partial charge in [-0.3, -0.25) is 18.6 Å². The van der Waals surface area contributed by atoms with Crippen molar-refractivity contribution in [2.75, 3.05) is 26.4 Å². The molecule has 0 bridgehead atoms. The highest BCUT2D eigenvalue weighted by molar-refractivity contribution is 7.47. The zero-order chi connectivity index (χ0) is 43.3. The highest BCUT2D eigenvalue weighted by atomic mass is 31.2. The molecule has 4 N–H and O–H groups in total. The largest absolute Gasteiger partial charge is 0.480 e. The molecule has 0 saturated carbocycles. The average molecular weight is 860 g/mol. The Labute approximate surface area is 362 Å². The van der Waals surface area contributed by atoms with Crippen molar-refractivity contribution in [2.24, 2.45) is 5.73 Å². The van der Waals surface area contributed by atoms with E-state index >= 15 is 0 Å². The Kier molecular flexibility index (Phi) is 43.8. The number of unbranched alkanes of at least 4 members (excludes halogenated alkanes) is 32. The van der Waals surface area contributed by atoms with Crippen LogP contribution in [0.4, 0.5) is 0 Å². The molecule has 0 aromatic rings. The summed E-state index contributed by atoms with van der Waals surface area (Å²) >= 11 is 0. The van der Waals surface area contributed by atoms with Crippen molar-refractivity contribution < 1.29 is 42.7 Å². The quantitative estimate of drug-likeness (QED) is 0.0233. The lowest BCUT2D eigenvalue weighted by atomic mass is 10.0. The van der Waals surface area contributed by atoms with Crippen molar-refractivity contribution in [3.05, 3.63) is 12.2 Å².